The van der Waals surface area contributed by atoms with Gasteiger partial charge >= 0.3 is 17.6 Å². The van der Waals surface area contributed by atoms with Crippen LogP contribution in [0.4, 0.5) is 11.4 Å². The highest BCUT2D eigenvalue weighted by atomic mass is 16.6. The number of hydrogen-bond acceptors (Lipinski definition) is 10. The molecule has 0 spiro atoms. The van der Waals surface area contributed by atoms with Crippen LogP contribution in [0.2, 0.25) is 0 Å². The molecule has 0 fully saturated rings. The van der Waals surface area contributed by atoms with E-state index in [1.165, 1.54) is 39.7 Å². The fourth-order valence-corrected chi connectivity index (χ4v) is 3.78. The molecule has 1 aromatic heterocycles. The van der Waals surface area contributed by atoms with Crippen molar-refractivity contribution in [2.75, 3.05) is 12.8 Å². The Kier molecular flexibility index (Phi) is 10.3. The summed E-state index contributed by atoms with van der Waals surface area (Å²) >= 11 is 0. The standard InChI is InChI=1S/C28H32N4O7/c1-4-5-6-7-8-9-19-16-30-26(31-17-19)20-10-12-21(13-11-20)39-27(33)18(2)38-28(34)22-14-24(32(35)36)25(37-3)15-23(22)29/h10-18H,4-9,29H2,1-3H3. The van der Waals surface area contributed by atoms with Gasteiger partial charge in [0.1, 0.15) is 5.75 Å². The number of aromatic nitrogens is 2. The summed E-state index contributed by atoms with van der Waals surface area (Å²) in [7, 11) is 1.24. The lowest BCUT2D eigenvalue weighted by atomic mass is 10.1. The van der Waals surface area contributed by atoms with Crippen LogP contribution < -0.4 is 15.2 Å². The second kappa shape index (κ2) is 13.8. The number of nitrogens with two attached hydrogens (primary N) is 1. The number of nitrogens with zero attached hydrogens (tertiary/aromatic N) is 3. The molecular weight excluding hydrogens is 504 g/mol. The van der Waals surface area contributed by atoms with Crippen LogP contribution in [0.5, 0.6) is 11.5 Å². The second-order valence-electron chi connectivity index (χ2n) is 8.94. The fraction of sp³-hybridized carbons (Fsp3) is 0.357. The predicted octanol–water partition coefficient (Wildman–Crippen LogP) is 5.31. The monoisotopic (exact) mass is 536 g/mol. The lowest BCUT2D eigenvalue weighted by molar-refractivity contribution is -0.385. The van der Waals surface area contributed by atoms with Crippen molar-refractivity contribution in [3.8, 4) is 22.9 Å². The minimum Gasteiger partial charge on any atom is -0.490 e. The lowest BCUT2D eigenvalue weighted by Gasteiger charge is -2.14. The summed E-state index contributed by atoms with van der Waals surface area (Å²) in [6.07, 6.45) is 9.34. The number of unbranched alkanes of at least 4 members (excludes halogenated alkanes) is 4. The number of carbonyl (C=O) groups excluding carboxylic acids is 2. The Hall–Kier alpha value is -4.54. The summed E-state index contributed by atoms with van der Waals surface area (Å²) in [5.74, 6) is -1.17. The van der Waals surface area contributed by atoms with E-state index in [9.17, 15) is 19.7 Å². The fourth-order valence-electron chi connectivity index (χ4n) is 3.78. The van der Waals surface area contributed by atoms with Crippen LogP contribution in [0.25, 0.3) is 11.4 Å². The molecule has 2 N–H and O–H groups in total. The van der Waals surface area contributed by atoms with Crippen LogP contribution in [0.1, 0.15) is 61.9 Å². The lowest BCUT2D eigenvalue weighted by Crippen LogP contribution is -2.28. The van der Waals surface area contributed by atoms with Gasteiger partial charge < -0.3 is 19.9 Å². The van der Waals surface area contributed by atoms with Gasteiger partial charge in [0.25, 0.3) is 0 Å². The first-order chi connectivity index (χ1) is 18.7. The third kappa shape index (κ3) is 7.97. The van der Waals surface area contributed by atoms with Gasteiger partial charge in [0.05, 0.1) is 23.3 Å². The maximum atomic E-state index is 12.5. The zero-order chi connectivity index (χ0) is 28.4. The second-order valence-corrected chi connectivity index (χ2v) is 8.94. The summed E-state index contributed by atoms with van der Waals surface area (Å²) < 4.78 is 15.4. The van der Waals surface area contributed by atoms with Crippen molar-refractivity contribution in [3.63, 3.8) is 0 Å². The molecule has 0 radical (unpaired) electrons. The third-order valence-electron chi connectivity index (χ3n) is 5.99. The number of nitrogen functional groups attached to an aromatic ring is 1. The van der Waals surface area contributed by atoms with Gasteiger partial charge in [-0.3, -0.25) is 10.1 Å². The molecule has 3 aromatic rings. The van der Waals surface area contributed by atoms with Gasteiger partial charge in [0.15, 0.2) is 17.7 Å². The number of rotatable bonds is 13. The number of benzene rings is 2. The van der Waals surface area contributed by atoms with Crippen molar-refractivity contribution in [1.82, 2.24) is 9.97 Å². The molecule has 1 heterocycles. The van der Waals surface area contributed by atoms with Crippen molar-refractivity contribution in [2.45, 2.75) is 58.5 Å². The maximum absolute atomic E-state index is 12.5. The van der Waals surface area contributed by atoms with Crippen molar-refractivity contribution in [1.29, 1.82) is 0 Å². The first-order valence-electron chi connectivity index (χ1n) is 12.7. The van der Waals surface area contributed by atoms with Gasteiger partial charge in [-0.2, -0.15) is 0 Å². The largest absolute Gasteiger partial charge is 0.490 e. The molecule has 0 saturated heterocycles. The molecule has 39 heavy (non-hydrogen) atoms. The summed E-state index contributed by atoms with van der Waals surface area (Å²) in [6.45, 7) is 3.52. The van der Waals surface area contributed by atoms with E-state index in [1.807, 2.05) is 12.4 Å². The average molecular weight is 537 g/mol. The summed E-state index contributed by atoms with van der Waals surface area (Å²) in [5, 5.41) is 11.2. The topological polar surface area (TPSA) is 157 Å². The Morgan fingerprint density at radius 3 is 2.33 bits per heavy atom. The Morgan fingerprint density at radius 1 is 1.05 bits per heavy atom. The normalized spacial score (nSPS) is 11.5. The van der Waals surface area contributed by atoms with Crippen LogP contribution in [-0.2, 0) is 16.0 Å². The minimum absolute atomic E-state index is 0.0965. The molecule has 11 heteroatoms. The predicted molar refractivity (Wildman–Crippen MR) is 145 cm³/mol. The number of hydrogen-bond donors (Lipinski definition) is 1. The summed E-state index contributed by atoms with van der Waals surface area (Å²) in [4.78, 5) is 44.5. The van der Waals surface area contributed by atoms with E-state index >= 15 is 0 Å². The van der Waals surface area contributed by atoms with E-state index in [4.69, 9.17) is 19.9 Å². The minimum atomic E-state index is -1.31. The molecule has 0 aliphatic heterocycles. The smallest absolute Gasteiger partial charge is 0.352 e. The van der Waals surface area contributed by atoms with Crippen LogP contribution in [-0.4, -0.2) is 40.0 Å². The zero-order valence-corrected chi connectivity index (χ0v) is 22.2. The summed E-state index contributed by atoms with van der Waals surface area (Å²) in [6, 6.07) is 8.68. The number of ether oxygens (including phenoxy) is 3. The van der Waals surface area contributed by atoms with E-state index < -0.39 is 28.7 Å². The highest BCUT2D eigenvalue weighted by molar-refractivity contribution is 5.97. The molecule has 3 rings (SSSR count). The number of methoxy groups -OCH3 is 1. The highest BCUT2D eigenvalue weighted by Gasteiger charge is 2.26. The number of anilines is 1. The number of aryl methyl sites for hydroxylation is 1. The van der Waals surface area contributed by atoms with Gasteiger partial charge in [-0.05, 0) is 49.6 Å². The van der Waals surface area contributed by atoms with Crippen molar-refractivity contribution >= 4 is 23.3 Å². The van der Waals surface area contributed by atoms with Gasteiger partial charge in [-0.15, -0.1) is 0 Å². The molecule has 11 nitrogen and oxygen atoms in total. The molecule has 0 amide bonds. The number of carbonyl (C=O) groups is 2. The number of esters is 2. The molecule has 0 saturated carbocycles. The third-order valence-corrected chi connectivity index (χ3v) is 5.99. The first-order valence-corrected chi connectivity index (χ1v) is 12.7. The van der Waals surface area contributed by atoms with Gasteiger partial charge in [0.2, 0.25) is 0 Å². The Labute approximate surface area is 226 Å². The Morgan fingerprint density at radius 2 is 1.72 bits per heavy atom. The van der Waals surface area contributed by atoms with Crippen molar-refractivity contribution < 1.29 is 28.7 Å². The molecule has 0 aliphatic carbocycles. The average Bonchev–Trinajstić information content (AvgIpc) is 2.93. The Balaban J connectivity index is 1.57. The highest BCUT2D eigenvalue weighted by Crippen LogP contribution is 2.32. The molecule has 206 valence electrons. The molecule has 1 unspecified atom stereocenters. The quantitative estimate of drug-likeness (QED) is 0.0758. The van der Waals surface area contributed by atoms with Crippen molar-refractivity contribution in [3.05, 3.63) is 70.0 Å². The Bertz CT molecular complexity index is 1290. The van der Waals surface area contributed by atoms with E-state index in [2.05, 4.69) is 16.9 Å². The molecule has 0 aliphatic rings. The SMILES string of the molecule is CCCCCCCc1cnc(-c2ccc(OC(=O)C(C)OC(=O)c3cc([N+](=O)[O-])c(OC)cc3N)cc2)nc1. The van der Waals surface area contributed by atoms with E-state index in [0.717, 1.165) is 36.1 Å². The summed E-state index contributed by atoms with van der Waals surface area (Å²) in [5.41, 5.74) is 6.83. The van der Waals surface area contributed by atoms with Gasteiger partial charge in [0, 0.05) is 30.1 Å². The number of nitro groups is 1. The molecular formula is C28H32N4O7. The van der Waals surface area contributed by atoms with Crippen LogP contribution in [0.15, 0.2) is 48.8 Å². The van der Waals surface area contributed by atoms with Crippen LogP contribution >= 0.6 is 0 Å². The van der Waals surface area contributed by atoms with Gasteiger partial charge in [-0.25, -0.2) is 19.6 Å². The number of nitro benzene ring substituents is 1. The zero-order valence-electron chi connectivity index (χ0n) is 22.2. The van der Waals surface area contributed by atoms with Crippen LogP contribution in [0, 0.1) is 10.1 Å². The van der Waals surface area contributed by atoms with E-state index in [1.54, 1.807) is 24.3 Å². The van der Waals surface area contributed by atoms with E-state index in [0.29, 0.717) is 5.82 Å². The maximum Gasteiger partial charge on any atom is 0.352 e. The molecule has 2 aromatic carbocycles. The van der Waals surface area contributed by atoms with Crippen molar-refractivity contribution in [2.24, 2.45) is 0 Å². The van der Waals surface area contributed by atoms with E-state index in [-0.39, 0.29) is 22.7 Å². The van der Waals surface area contributed by atoms with Gasteiger partial charge in [-0.1, -0.05) is 32.6 Å². The van der Waals surface area contributed by atoms with Crippen LogP contribution in [0.3, 0.4) is 0 Å². The molecule has 1 atom stereocenters. The first kappa shape index (κ1) is 29.0. The molecule has 0 bridgehead atoms.